The van der Waals surface area contributed by atoms with Crippen LogP contribution in [0.15, 0.2) is 59.5 Å². The van der Waals surface area contributed by atoms with Crippen molar-refractivity contribution >= 4 is 21.6 Å². The molecule has 0 aromatic heterocycles. The van der Waals surface area contributed by atoms with Crippen molar-refractivity contribution in [1.82, 2.24) is 5.32 Å². The van der Waals surface area contributed by atoms with Crippen LogP contribution >= 0.6 is 0 Å². The van der Waals surface area contributed by atoms with Gasteiger partial charge in [0.15, 0.2) is 0 Å². The first-order chi connectivity index (χ1) is 16.0. The van der Waals surface area contributed by atoms with E-state index in [0.717, 1.165) is 22.3 Å². The first-order valence-corrected chi connectivity index (χ1v) is 13.1. The van der Waals surface area contributed by atoms with Gasteiger partial charge in [-0.1, -0.05) is 29.8 Å². The monoisotopic (exact) mass is 476 g/mol. The third-order valence-electron chi connectivity index (χ3n) is 6.77. The first kappa shape index (κ1) is 24.0. The van der Waals surface area contributed by atoms with Gasteiger partial charge >= 0.3 is 0 Å². The average Bonchev–Trinajstić information content (AvgIpc) is 3.12. The molecule has 1 amide bonds. The predicted molar refractivity (Wildman–Crippen MR) is 137 cm³/mol. The summed E-state index contributed by atoms with van der Waals surface area (Å²) >= 11 is 0. The second kappa shape index (κ2) is 8.91. The van der Waals surface area contributed by atoms with Gasteiger partial charge in [0.05, 0.1) is 16.6 Å². The fourth-order valence-corrected chi connectivity index (χ4v) is 6.43. The molecular formula is C28H32N2O3S. The Kier molecular flexibility index (Phi) is 6.30. The molecule has 1 heterocycles. The number of amides is 1. The van der Waals surface area contributed by atoms with Gasteiger partial charge in [-0.3, -0.25) is 9.10 Å². The van der Waals surface area contributed by atoms with Gasteiger partial charge in [0.1, 0.15) is 0 Å². The topological polar surface area (TPSA) is 66.5 Å². The average molecular weight is 477 g/mol. The lowest BCUT2D eigenvalue weighted by Gasteiger charge is -2.24. The Hall–Kier alpha value is -3.12. The molecule has 3 aromatic rings. The van der Waals surface area contributed by atoms with Crippen LogP contribution in [0.2, 0.25) is 0 Å². The number of hydrogen-bond donors (Lipinski definition) is 1. The zero-order chi connectivity index (χ0) is 24.8. The minimum atomic E-state index is -3.69. The van der Waals surface area contributed by atoms with Crippen molar-refractivity contribution in [3.8, 4) is 0 Å². The van der Waals surface area contributed by atoms with Crippen LogP contribution in [0.5, 0.6) is 0 Å². The summed E-state index contributed by atoms with van der Waals surface area (Å²) < 4.78 is 28.2. The molecule has 0 radical (unpaired) electrons. The number of hydrogen-bond acceptors (Lipinski definition) is 3. The van der Waals surface area contributed by atoms with Gasteiger partial charge in [-0.15, -0.1) is 0 Å². The molecule has 178 valence electrons. The van der Waals surface area contributed by atoms with Crippen molar-refractivity contribution < 1.29 is 13.2 Å². The smallest absolute Gasteiger partial charge is 0.264 e. The summed E-state index contributed by atoms with van der Waals surface area (Å²) in [6.07, 6.45) is 0.563. The number of carbonyl (C=O) groups is 1. The molecule has 6 heteroatoms. The molecule has 0 aliphatic carbocycles. The number of carbonyl (C=O) groups excluding carboxylic acids is 1. The van der Waals surface area contributed by atoms with E-state index in [2.05, 4.69) is 38.2 Å². The Morgan fingerprint density at radius 3 is 2.26 bits per heavy atom. The van der Waals surface area contributed by atoms with Gasteiger partial charge in [0.2, 0.25) is 0 Å². The molecule has 0 unspecified atom stereocenters. The van der Waals surface area contributed by atoms with Crippen molar-refractivity contribution in [1.29, 1.82) is 0 Å². The van der Waals surface area contributed by atoms with Gasteiger partial charge < -0.3 is 5.32 Å². The van der Waals surface area contributed by atoms with E-state index in [1.54, 1.807) is 36.4 Å². The van der Waals surface area contributed by atoms with Crippen LogP contribution in [0.1, 0.15) is 63.6 Å². The van der Waals surface area contributed by atoms with Gasteiger partial charge in [0, 0.05) is 11.6 Å². The lowest BCUT2D eigenvalue weighted by Crippen LogP contribution is -2.35. The largest absolute Gasteiger partial charge is 0.346 e. The van der Waals surface area contributed by atoms with E-state index in [-0.39, 0.29) is 22.9 Å². The van der Waals surface area contributed by atoms with E-state index in [1.165, 1.54) is 15.4 Å². The Balaban J connectivity index is 1.58. The third-order valence-corrected chi connectivity index (χ3v) is 8.71. The third kappa shape index (κ3) is 4.34. The maximum absolute atomic E-state index is 13.4. The lowest BCUT2D eigenvalue weighted by atomic mass is 9.96. The zero-order valence-electron chi connectivity index (χ0n) is 20.6. The minimum absolute atomic E-state index is 0.141. The molecule has 5 nitrogen and oxygen atoms in total. The van der Waals surface area contributed by atoms with Crippen molar-refractivity contribution in [2.75, 3.05) is 4.31 Å². The quantitative estimate of drug-likeness (QED) is 0.525. The number of aryl methyl sites for hydroxylation is 4. The number of benzene rings is 3. The van der Waals surface area contributed by atoms with Gasteiger partial charge in [-0.05, 0) is 106 Å². The molecule has 1 N–H and O–H groups in total. The van der Waals surface area contributed by atoms with Gasteiger partial charge in [0.25, 0.3) is 15.9 Å². The number of nitrogens with one attached hydrogen (secondary N) is 1. The Morgan fingerprint density at radius 1 is 0.941 bits per heavy atom. The van der Waals surface area contributed by atoms with E-state index in [4.69, 9.17) is 0 Å². The highest BCUT2D eigenvalue weighted by Gasteiger charge is 2.36. The van der Waals surface area contributed by atoms with E-state index in [9.17, 15) is 13.2 Å². The molecular weight excluding hydrogens is 444 g/mol. The second-order valence-electron chi connectivity index (χ2n) is 9.50. The summed E-state index contributed by atoms with van der Waals surface area (Å²) in [6.45, 7) is 12.0. The van der Waals surface area contributed by atoms with E-state index in [0.29, 0.717) is 17.7 Å². The summed E-state index contributed by atoms with van der Waals surface area (Å²) in [7, 11) is -3.69. The molecule has 0 spiro atoms. The Bertz CT molecular complexity index is 1360. The summed E-state index contributed by atoms with van der Waals surface area (Å²) in [5.41, 5.74) is 7.73. The van der Waals surface area contributed by atoms with Crippen molar-refractivity contribution in [3.63, 3.8) is 0 Å². The summed E-state index contributed by atoms with van der Waals surface area (Å²) in [4.78, 5) is 13.3. The summed E-state index contributed by atoms with van der Waals surface area (Å²) in [5.74, 6) is -0.166. The molecule has 0 saturated heterocycles. The lowest BCUT2D eigenvalue weighted by molar-refractivity contribution is 0.0939. The Morgan fingerprint density at radius 2 is 1.59 bits per heavy atom. The predicted octanol–water partition coefficient (Wildman–Crippen LogP) is 5.55. The molecule has 3 aromatic carbocycles. The van der Waals surface area contributed by atoms with Crippen LogP contribution in [0.3, 0.4) is 0 Å². The number of nitrogens with zero attached hydrogens (tertiary/aromatic N) is 1. The van der Waals surface area contributed by atoms with Crippen LogP contribution < -0.4 is 9.62 Å². The SMILES string of the molecule is Cc1ccc(S(=O)(=O)N2c3ccc(C(=O)N[C@H](C)c4cc(C)c(C)cc4C)cc3C[C@@H]2C)cc1. The minimum Gasteiger partial charge on any atom is -0.346 e. The molecule has 1 aliphatic rings. The van der Waals surface area contributed by atoms with Crippen LogP contribution in [0.25, 0.3) is 0 Å². The highest BCUT2D eigenvalue weighted by molar-refractivity contribution is 7.92. The standard InChI is InChI=1S/C28H32N2O3S/c1-17-7-10-25(11-8-17)34(32,33)30-21(5)15-24-16-23(9-12-27(24)30)28(31)29-22(6)26-14-19(3)18(2)13-20(26)4/h7-14,16,21-22H,15H2,1-6H3,(H,29,31)/t21-,22+/m0/s1. The summed E-state index contributed by atoms with van der Waals surface area (Å²) in [6, 6.07) is 16.1. The van der Waals surface area contributed by atoms with Crippen LogP contribution in [0, 0.1) is 27.7 Å². The maximum atomic E-state index is 13.4. The number of anilines is 1. The van der Waals surface area contributed by atoms with Crippen LogP contribution in [0.4, 0.5) is 5.69 Å². The van der Waals surface area contributed by atoms with Crippen LogP contribution in [-0.4, -0.2) is 20.4 Å². The highest BCUT2D eigenvalue weighted by Crippen LogP contribution is 2.37. The van der Waals surface area contributed by atoms with E-state index in [1.807, 2.05) is 26.8 Å². The molecule has 34 heavy (non-hydrogen) atoms. The van der Waals surface area contributed by atoms with Gasteiger partial charge in [-0.25, -0.2) is 8.42 Å². The molecule has 0 fully saturated rings. The fourth-order valence-electron chi connectivity index (χ4n) is 4.74. The van der Waals surface area contributed by atoms with Crippen molar-refractivity contribution in [3.05, 3.63) is 93.5 Å². The van der Waals surface area contributed by atoms with Gasteiger partial charge in [-0.2, -0.15) is 0 Å². The van der Waals surface area contributed by atoms with E-state index < -0.39 is 10.0 Å². The second-order valence-corrected chi connectivity index (χ2v) is 11.3. The van der Waals surface area contributed by atoms with Crippen molar-refractivity contribution in [2.45, 2.75) is 64.9 Å². The number of sulfonamides is 1. The summed E-state index contributed by atoms with van der Waals surface area (Å²) in [5, 5.41) is 3.10. The first-order valence-electron chi connectivity index (χ1n) is 11.6. The van der Waals surface area contributed by atoms with Crippen LogP contribution in [-0.2, 0) is 16.4 Å². The van der Waals surface area contributed by atoms with E-state index >= 15 is 0 Å². The normalized spacial score (nSPS) is 16.3. The van der Waals surface area contributed by atoms with Crippen molar-refractivity contribution in [2.24, 2.45) is 0 Å². The zero-order valence-corrected chi connectivity index (χ0v) is 21.5. The number of rotatable bonds is 5. The molecule has 0 bridgehead atoms. The highest BCUT2D eigenvalue weighted by atomic mass is 32.2. The molecule has 1 aliphatic heterocycles. The molecule has 2 atom stereocenters. The molecule has 0 saturated carbocycles. The Labute approximate surface area is 202 Å². The molecule has 4 rings (SSSR count). The number of fused-ring (bicyclic) bond motifs is 1. The maximum Gasteiger partial charge on any atom is 0.264 e. The fraction of sp³-hybridized carbons (Fsp3) is 0.321.